The van der Waals surface area contributed by atoms with E-state index >= 15 is 0 Å². The van der Waals surface area contributed by atoms with Crippen LogP contribution >= 0.6 is 0 Å². The van der Waals surface area contributed by atoms with Crippen molar-refractivity contribution in [1.82, 2.24) is 0 Å². The molecule has 0 saturated carbocycles. The van der Waals surface area contributed by atoms with Crippen molar-refractivity contribution in [2.75, 3.05) is 0 Å². The van der Waals surface area contributed by atoms with Gasteiger partial charge in [-0.2, -0.15) is 0 Å². The molecule has 0 saturated heterocycles. The van der Waals surface area contributed by atoms with Crippen molar-refractivity contribution in [3.63, 3.8) is 0 Å². The molecule has 0 aliphatic carbocycles. The molecule has 0 aromatic heterocycles. The minimum Gasteiger partial charge on any atom is -0.481 e. The van der Waals surface area contributed by atoms with Gasteiger partial charge in [-0.3, -0.25) is 4.79 Å². The Labute approximate surface area is 135 Å². The SMILES string of the molecule is CCCCC(CCC/C=C/CCCc1ccccc1)C(=O)O. The normalized spacial score (nSPS) is 12.6. The van der Waals surface area contributed by atoms with Crippen LogP contribution in [0.4, 0.5) is 0 Å². The lowest BCUT2D eigenvalue weighted by atomic mass is 9.96. The third kappa shape index (κ3) is 8.66. The summed E-state index contributed by atoms with van der Waals surface area (Å²) in [5.74, 6) is -0.772. The molecule has 0 fully saturated rings. The van der Waals surface area contributed by atoms with Crippen LogP contribution in [-0.2, 0) is 11.2 Å². The summed E-state index contributed by atoms with van der Waals surface area (Å²) in [6.45, 7) is 2.11. The van der Waals surface area contributed by atoms with E-state index in [9.17, 15) is 4.79 Å². The second-order valence-corrected chi connectivity index (χ2v) is 5.96. The monoisotopic (exact) mass is 302 g/mol. The van der Waals surface area contributed by atoms with Crippen LogP contribution in [0.5, 0.6) is 0 Å². The molecular formula is C20H30O2. The molecule has 1 N–H and O–H groups in total. The van der Waals surface area contributed by atoms with Crippen molar-refractivity contribution in [1.29, 1.82) is 0 Å². The maximum Gasteiger partial charge on any atom is 0.306 e. The Bertz CT molecular complexity index is 423. The Kier molecular flexibility index (Phi) is 10.1. The Morgan fingerprint density at radius 3 is 2.32 bits per heavy atom. The van der Waals surface area contributed by atoms with Gasteiger partial charge in [0.1, 0.15) is 0 Å². The number of allylic oxidation sites excluding steroid dienone is 2. The van der Waals surface area contributed by atoms with E-state index in [0.29, 0.717) is 0 Å². The highest BCUT2D eigenvalue weighted by molar-refractivity contribution is 5.69. The molecule has 0 radical (unpaired) electrons. The summed E-state index contributed by atoms with van der Waals surface area (Å²) in [5, 5.41) is 9.16. The minimum atomic E-state index is -0.625. The average Bonchev–Trinajstić information content (AvgIpc) is 2.53. The number of carbonyl (C=O) groups is 1. The Balaban J connectivity index is 2.06. The van der Waals surface area contributed by atoms with E-state index in [0.717, 1.165) is 51.4 Å². The number of rotatable bonds is 12. The van der Waals surface area contributed by atoms with Gasteiger partial charge in [-0.05, 0) is 50.5 Å². The van der Waals surface area contributed by atoms with Crippen molar-refractivity contribution in [2.45, 2.75) is 64.7 Å². The predicted molar refractivity (Wildman–Crippen MR) is 93.0 cm³/mol. The third-order valence-electron chi connectivity index (χ3n) is 4.02. The molecule has 0 aliphatic heterocycles. The van der Waals surface area contributed by atoms with Gasteiger partial charge in [-0.1, -0.05) is 62.2 Å². The number of aliphatic carboxylic acids is 1. The highest BCUT2D eigenvalue weighted by Gasteiger charge is 2.15. The van der Waals surface area contributed by atoms with Gasteiger partial charge in [0.15, 0.2) is 0 Å². The van der Waals surface area contributed by atoms with Crippen molar-refractivity contribution >= 4 is 5.97 Å². The number of carboxylic acids is 1. The average molecular weight is 302 g/mol. The molecule has 1 rings (SSSR count). The van der Waals surface area contributed by atoms with Crippen LogP contribution in [0.15, 0.2) is 42.5 Å². The zero-order valence-electron chi connectivity index (χ0n) is 13.8. The maximum atomic E-state index is 11.1. The first kappa shape index (κ1) is 18.5. The highest BCUT2D eigenvalue weighted by Crippen LogP contribution is 2.16. The summed E-state index contributed by atoms with van der Waals surface area (Å²) >= 11 is 0. The van der Waals surface area contributed by atoms with Gasteiger partial charge in [0.05, 0.1) is 5.92 Å². The van der Waals surface area contributed by atoms with Crippen LogP contribution in [-0.4, -0.2) is 11.1 Å². The fraction of sp³-hybridized carbons (Fsp3) is 0.550. The molecule has 0 aliphatic rings. The summed E-state index contributed by atoms with van der Waals surface area (Å²) in [6, 6.07) is 10.6. The van der Waals surface area contributed by atoms with Crippen LogP contribution in [0.2, 0.25) is 0 Å². The predicted octanol–water partition coefficient (Wildman–Crippen LogP) is 5.63. The molecular weight excluding hydrogens is 272 g/mol. The molecule has 1 atom stereocenters. The number of carboxylic acid groups (broad SMARTS) is 1. The second-order valence-electron chi connectivity index (χ2n) is 5.96. The molecule has 1 unspecified atom stereocenters. The number of unbranched alkanes of at least 4 members (excludes halogenated alkanes) is 3. The maximum absolute atomic E-state index is 11.1. The first-order chi connectivity index (χ1) is 10.7. The van der Waals surface area contributed by atoms with Gasteiger partial charge in [-0.25, -0.2) is 0 Å². The van der Waals surface area contributed by atoms with Crippen LogP contribution in [0, 0.1) is 5.92 Å². The standard InChI is InChI=1S/C20H30O2/c1-2-3-16-19(20(21)22)17-12-7-5-4-6-9-13-18-14-10-8-11-15-18/h4-5,8,10-11,14-15,19H,2-3,6-7,9,12-13,16-17H2,1H3,(H,21,22)/b5-4+. The highest BCUT2D eigenvalue weighted by atomic mass is 16.4. The third-order valence-corrected chi connectivity index (χ3v) is 4.02. The van der Waals surface area contributed by atoms with Crippen molar-refractivity contribution < 1.29 is 9.90 Å². The summed E-state index contributed by atoms with van der Waals surface area (Å²) in [7, 11) is 0. The van der Waals surface area contributed by atoms with E-state index in [2.05, 4.69) is 43.3 Å². The summed E-state index contributed by atoms with van der Waals surface area (Å²) in [6.07, 6.45) is 13.6. The van der Waals surface area contributed by atoms with E-state index < -0.39 is 5.97 Å². The first-order valence-corrected chi connectivity index (χ1v) is 8.65. The van der Waals surface area contributed by atoms with Crippen LogP contribution < -0.4 is 0 Å². The fourth-order valence-electron chi connectivity index (χ4n) is 2.63. The van der Waals surface area contributed by atoms with Gasteiger partial charge < -0.3 is 5.11 Å². The van der Waals surface area contributed by atoms with Crippen LogP contribution in [0.1, 0.15) is 63.9 Å². The molecule has 122 valence electrons. The van der Waals surface area contributed by atoms with Gasteiger partial charge in [-0.15, -0.1) is 0 Å². The van der Waals surface area contributed by atoms with E-state index in [1.165, 1.54) is 12.0 Å². The Hall–Kier alpha value is -1.57. The Morgan fingerprint density at radius 1 is 1.05 bits per heavy atom. The summed E-state index contributed by atoms with van der Waals surface area (Å²) in [4.78, 5) is 11.1. The number of hydrogen-bond acceptors (Lipinski definition) is 1. The molecule has 0 bridgehead atoms. The topological polar surface area (TPSA) is 37.3 Å². The molecule has 0 amide bonds. The molecule has 0 heterocycles. The van der Waals surface area contributed by atoms with E-state index in [1.807, 2.05) is 6.07 Å². The van der Waals surface area contributed by atoms with Crippen LogP contribution in [0.25, 0.3) is 0 Å². The smallest absolute Gasteiger partial charge is 0.306 e. The number of benzene rings is 1. The molecule has 2 heteroatoms. The largest absolute Gasteiger partial charge is 0.481 e. The fourth-order valence-corrected chi connectivity index (χ4v) is 2.63. The zero-order valence-corrected chi connectivity index (χ0v) is 13.8. The number of hydrogen-bond donors (Lipinski definition) is 1. The van der Waals surface area contributed by atoms with Crippen molar-refractivity contribution in [3.8, 4) is 0 Å². The minimum absolute atomic E-state index is 0.147. The zero-order chi connectivity index (χ0) is 16.0. The molecule has 2 nitrogen and oxygen atoms in total. The second kappa shape index (κ2) is 12.0. The van der Waals surface area contributed by atoms with Gasteiger partial charge in [0.2, 0.25) is 0 Å². The van der Waals surface area contributed by atoms with E-state index in [4.69, 9.17) is 5.11 Å². The van der Waals surface area contributed by atoms with Gasteiger partial charge in [0.25, 0.3) is 0 Å². The quantitative estimate of drug-likeness (QED) is 0.401. The summed E-state index contributed by atoms with van der Waals surface area (Å²) in [5.41, 5.74) is 1.40. The van der Waals surface area contributed by atoms with Crippen molar-refractivity contribution in [2.24, 2.45) is 5.92 Å². The number of aryl methyl sites for hydroxylation is 1. The molecule has 0 spiro atoms. The Morgan fingerprint density at radius 2 is 1.68 bits per heavy atom. The lowest BCUT2D eigenvalue weighted by Crippen LogP contribution is -2.13. The summed E-state index contributed by atoms with van der Waals surface area (Å²) < 4.78 is 0. The van der Waals surface area contributed by atoms with Crippen molar-refractivity contribution in [3.05, 3.63) is 48.0 Å². The molecule has 22 heavy (non-hydrogen) atoms. The van der Waals surface area contributed by atoms with Gasteiger partial charge in [0, 0.05) is 0 Å². The lowest BCUT2D eigenvalue weighted by molar-refractivity contribution is -0.142. The lowest BCUT2D eigenvalue weighted by Gasteiger charge is -2.10. The van der Waals surface area contributed by atoms with E-state index in [-0.39, 0.29) is 5.92 Å². The van der Waals surface area contributed by atoms with Crippen LogP contribution in [0.3, 0.4) is 0 Å². The first-order valence-electron chi connectivity index (χ1n) is 8.65. The van der Waals surface area contributed by atoms with Gasteiger partial charge >= 0.3 is 5.97 Å². The molecule has 1 aromatic rings. The van der Waals surface area contributed by atoms with E-state index in [1.54, 1.807) is 0 Å². The molecule has 1 aromatic carbocycles.